The van der Waals surface area contributed by atoms with Crippen LogP contribution < -0.4 is 15.1 Å². The predicted molar refractivity (Wildman–Crippen MR) is 145 cm³/mol. The zero-order valence-corrected chi connectivity index (χ0v) is 21.3. The molecule has 6 rings (SSSR count). The number of pyridine rings is 1. The molecule has 8 nitrogen and oxygen atoms in total. The average Bonchev–Trinajstić information content (AvgIpc) is 3.40. The van der Waals surface area contributed by atoms with Gasteiger partial charge < -0.3 is 25.0 Å². The van der Waals surface area contributed by atoms with E-state index in [1.54, 1.807) is 6.20 Å². The predicted octanol–water partition coefficient (Wildman–Crippen LogP) is 2.49. The van der Waals surface area contributed by atoms with Crippen molar-refractivity contribution >= 4 is 22.3 Å². The minimum absolute atomic E-state index is 0.0584. The van der Waals surface area contributed by atoms with Crippen LogP contribution in [-0.4, -0.2) is 79.1 Å². The lowest BCUT2D eigenvalue weighted by atomic mass is 10.0. The van der Waals surface area contributed by atoms with Gasteiger partial charge in [-0.3, -0.25) is 9.88 Å². The molecule has 2 aromatic carbocycles. The fourth-order valence-corrected chi connectivity index (χ4v) is 6.20. The third-order valence-corrected chi connectivity index (χ3v) is 7.93. The van der Waals surface area contributed by atoms with E-state index in [1.807, 2.05) is 24.3 Å². The van der Waals surface area contributed by atoms with Gasteiger partial charge in [0.05, 0.1) is 35.9 Å². The van der Waals surface area contributed by atoms with E-state index < -0.39 is 0 Å². The van der Waals surface area contributed by atoms with Crippen molar-refractivity contribution in [3.63, 3.8) is 0 Å². The summed E-state index contributed by atoms with van der Waals surface area (Å²) < 4.78 is 6.39. The molecule has 0 aliphatic carbocycles. The number of morpholine rings is 1. The molecule has 0 saturated carbocycles. The Labute approximate surface area is 218 Å². The number of nitrogens with one attached hydrogen (secondary N) is 1. The number of nitrogens with zero attached hydrogens (tertiary/aromatic N) is 5. The Morgan fingerprint density at radius 2 is 2.00 bits per heavy atom. The first-order valence-electron chi connectivity index (χ1n) is 13.2. The fourth-order valence-electron chi connectivity index (χ4n) is 6.20. The molecule has 1 aromatic heterocycles. The summed E-state index contributed by atoms with van der Waals surface area (Å²) in [6, 6.07) is 16.9. The van der Waals surface area contributed by atoms with E-state index in [1.165, 1.54) is 16.8 Å². The van der Waals surface area contributed by atoms with Crippen molar-refractivity contribution in [2.24, 2.45) is 0 Å². The molecule has 0 radical (unpaired) electrons. The van der Waals surface area contributed by atoms with Crippen LogP contribution in [0.15, 0.2) is 48.7 Å². The second-order valence-electron chi connectivity index (χ2n) is 10.5. The first-order chi connectivity index (χ1) is 18.1. The minimum atomic E-state index is 0.0584. The largest absolute Gasteiger partial charge is 0.394 e. The Bertz CT molecular complexity index is 1320. The summed E-state index contributed by atoms with van der Waals surface area (Å²) in [4.78, 5) is 11.7. The van der Waals surface area contributed by atoms with E-state index >= 15 is 0 Å². The third kappa shape index (κ3) is 4.76. The van der Waals surface area contributed by atoms with Crippen LogP contribution in [0.5, 0.6) is 0 Å². The van der Waals surface area contributed by atoms with Crippen LogP contribution in [0.4, 0.5) is 11.4 Å². The highest BCUT2D eigenvalue weighted by atomic mass is 16.5. The molecule has 0 spiro atoms. The maximum Gasteiger partial charge on any atom is 0.101 e. The molecule has 192 valence electrons. The van der Waals surface area contributed by atoms with Gasteiger partial charge in [-0.05, 0) is 54.4 Å². The minimum Gasteiger partial charge on any atom is -0.394 e. The number of aliphatic hydroxyl groups is 1. The zero-order valence-electron chi connectivity index (χ0n) is 21.3. The lowest BCUT2D eigenvalue weighted by Gasteiger charge is -2.45. The van der Waals surface area contributed by atoms with Crippen LogP contribution >= 0.6 is 0 Å². The van der Waals surface area contributed by atoms with Crippen LogP contribution in [0.2, 0.25) is 0 Å². The van der Waals surface area contributed by atoms with E-state index in [9.17, 15) is 10.4 Å². The Morgan fingerprint density at radius 3 is 2.86 bits per heavy atom. The molecule has 8 heteroatoms. The van der Waals surface area contributed by atoms with Crippen molar-refractivity contribution in [3.8, 4) is 6.07 Å². The smallest absolute Gasteiger partial charge is 0.101 e. The van der Waals surface area contributed by atoms with Crippen molar-refractivity contribution in [2.75, 3.05) is 55.7 Å². The summed E-state index contributed by atoms with van der Waals surface area (Å²) in [5, 5.41) is 24.2. The van der Waals surface area contributed by atoms with Crippen molar-refractivity contribution in [1.82, 2.24) is 15.2 Å². The molecule has 2 N–H and O–H groups in total. The second-order valence-corrected chi connectivity index (χ2v) is 10.5. The molecule has 3 atom stereocenters. The zero-order chi connectivity index (χ0) is 25.4. The SMILES string of the molecule is CC1CN(c2ccc(C#N)c3ncccc23)CC(CN2CCN(c3ccc4c(c3)CNC4)C(CO)C2)O1. The Morgan fingerprint density at radius 1 is 1.11 bits per heavy atom. The van der Waals surface area contributed by atoms with Gasteiger partial charge in [0.1, 0.15) is 6.07 Å². The van der Waals surface area contributed by atoms with Gasteiger partial charge >= 0.3 is 0 Å². The molecule has 3 aromatic rings. The molecule has 0 amide bonds. The number of ether oxygens (including phenoxy) is 1. The first-order valence-corrected chi connectivity index (χ1v) is 13.2. The number of hydrogen-bond acceptors (Lipinski definition) is 8. The number of fused-ring (bicyclic) bond motifs is 2. The Balaban J connectivity index is 1.15. The summed E-state index contributed by atoms with van der Waals surface area (Å²) >= 11 is 0. The average molecular weight is 499 g/mol. The number of piperazine rings is 1. The fraction of sp³-hybridized carbons (Fsp3) is 0.448. The number of aromatic nitrogens is 1. The summed E-state index contributed by atoms with van der Waals surface area (Å²) in [6.07, 6.45) is 1.90. The molecular formula is C29H34N6O2. The molecule has 3 aliphatic heterocycles. The monoisotopic (exact) mass is 498 g/mol. The van der Waals surface area contributed by atoms with Crippen molar-refractivity contribution in [2.45, 2.75) is 38.3 Å². The molecule has 4 heterocycles. The maximum atomic E-state index is 10.3. The third-order valence-electron chi connectivity index (χ3n) is 7.93. The Hall–Kier alpha value is -3.22. The first kappa shape index (κ1) is 24.1. The van der Waals surface area contributed by atoms with Gasteiger partial charge in [-0.15, -0.1) is 0 Å². The maximum absolute atomic E-state index is 10.3. The summed E-state index contributed by atoms with van der Waals surface area (Å²) in [7, 11) is 0. The number of nitriles is 1. The highest BCUT2D eigenvalue weighted by Gasteiger charge is 2.32. The lowest BCUT2D eigenvalue weighted by Crippen LogP contribution is -2.58. The molecular weight excluding hydrogens is 464 g/mol. The molecule has 37 heavy (non-hydrogen) atoms. The van der Waals surface area contributed by atoms with Crippen LogP contribution in [0.1, 0.15) is 23.6 Å². The van der Waals surface area contributed by atoms with Gasteiger partial charge in [0.25, 0.3) is 0 Å². The van der Waals surface area contributed by atoms with Crippen LogP contribution in [0.25, 0.3) is 10.9 Å². The van der Waals surface area contributed by atoms with Crippen molar-refractivity contribution < 1.29 is 9.84 Å². The molecule has 3 unspecified atom stereocenters. The number of aliphatic hydroxyl groups excluding tert-OH is 1. The highest BCUT2D eigenvalue weighted by Crippen LogP contribution is 2.31. The number of rotatable bonds is 5. The molecule has 3 aliphatic rings. The van der Waals surface area contributed by atoms with E-state index in [0.717, 1.165) is 68.9 Å². The quantitative estimate of drug-likeness (QED) is 0.555. The van der Waals surface area contributed by atoms with E-state index in [2.05, 4.69) is 56.2 Å². The summed E-state index contributed by atoms with van der Waals surface area (Å²) in [5.74, 6) is 0. The van der Waals surface area contributed by atoms with Gasteiger partial charge in [0.2, 0.25) is 0 Å². The Kier molecular flexibility index (Phi) is 6.70. The van der Waals surface area contributed by atoms with Gasteiger partial charge in [0, 0.05) is 75.3 Å². The van der Waals surface area contributed by atoms with E-state index in [-0.39, 0.29) is 24.9 Å². The van der Waals surface area contributed by atoms with Crippen LogP contribution in [-0.2, 0) is 17.8 Å². The standard InChI is InChI=1S/C29H34N6O2/c1-20-15-34(28-7-5-21(12-30)29-27(28)3-2-8-32-29)18-26(37-20)17-33-9-10-35(25(16-33)19-36)24-6-4-22-13-31-14-23(22)11-24/h2-8,11,20,25-26,31,36H,9-10,13-19H2,1H3. The van der Waals surface area contributed by atoms with Gasteiger partial charge in [-0.25, -0.2) is 0 Å². The van der Waals surface area contributed by atoms with Crippen LogP contribution in [0.3, 0.4) is 0 Å². The summed E-state index contributed by atoms with van der Waals surface area (Å²) in [5.41, 5.74) is 6.41. The second kappa shape index (κ2) is 10.3. The lowest BCUT2D eigenvalue weighted by molar-refractivity contribution is -0.0351. The van der Waals surface area contributed by atoms with Crippen molar-refractivity contribution in [3.05, 3.63) is 65.4 Å². The van der Waals surface area contributed by atoms with Gasteiger partial charge in [0.15, 0.2) is 0 Å². The molecule has 2 saturated heterocycles. The van der Waals surface area contributed by atoms with Crippen molar-refractivity contribution in [1.29, 1.82) is 5.26 Å². The number of benzene rings is 2. The topological polar surface area (TPSA) is 87.9 Å². The van der Waals surface area contributed by atoms with E-state index in [4.69, 9.17) is 4.74 Å². The highest BCUT2D eigenvalue weighted by molar-refractivity contribution is 5.95. The van der Waals surface area contributed by atoms with Gasteiger partial charge in [-0.2, -0.15) is 5.26 Å². The van der Waals surface area contributed by atoms with Gasteiger partial charge in [-0.1, -0.05) is 6.07 Å². The summed E-state index contributed by atoms with van der Waals surface area (Å²) in [6.45, 7) is 9.15. The van der Waals surface area contributed by atoms with Crippen LogP contribution in [0, 0.1) is 11.3 Å². The molecule has 0 bridgehead atoms. The number of hydrogen-bond donors (Lipinski definition) is 2. The normalized spacial score (nSPS) is 24.3. The van der Waals surface area contributed by atoms with E-state index in [0.29, 0.717) is 5.56 Å². The molecule has 2 fully saturated rings. The number of anilines is 2.